The normalized spacial score (nSPS) is 10.3. The summed E-state index contributed by atoms with van der Waals surface area (Å²) in [6, 6.07) is 8.00. The fraction of sp³-hybridized carbons (Fsp3) is 0.467. The van der Waals surface area contributed by atoms with Crippen molar-refractivity contribution in [1.29, 1.82) is 5.26 Å². The maximum absolute atomic E-state index is 11.2. The summed E-state index contributed by atoms with van der Waals surface area (Å²) in [6.07, 6.45) is 0. The zero-order valence-electron chi connectivity index (χ0n) is 12.3. The Bertz CT molecular complexity index is 505. The van der Waals surface area contributed by atoms with Crippen LogP contribution in [0.15, 0.2) is 18.2 Å². The van der Waals surface area contributed by atoms with Gasteiger partial charge in [-0.25, -0.2) is 0 Å². The van der Waals surface area contributed by atoms with Gasteiger partial charge in [0.1, 0.15) is 6.07 Å². The zero-order chi connectivity index (χ0) is 15.1. The molecule has 5 nitrogen and oxygen atoms in total. The van der Waals surface area contributed by atoms with Crippen LogP contribution in [0.1, 0.15) is 31.9 Å². The van der Waals surface area contributed by atoms with Gasteiger partial charge in [0.05, 0.1) is 17.8 Å². The minimum absolute atomic E-state index is 0.0919. The maximum atomic E-state index is 11.2. The van der Waals surface area contributed by atoms with E-state index in [0.29, 0.717) is 5.56 Å². The maximum Gasteiger partial charge on any atom is 0.236 e. The van der Waals surface area contributed by atoms with E-state index in [1.54, 1.807) is 0 Å². The number of nitrogens with zero attached hydrogens (tertiary/aromatic N) is 2. The van der Waals surface area contributed by atoms with E-state index in [9.17, 15) is 10.1 Å². The average molecular weight is 274 g/mol. The highest BCUT2D eigenvalue weighted by Crippen LogP contribution is 2.23. The summed E-state index contributed by atoms with van der Waals surface area (Å²) < 4.78 is 0. The molecule has 0 bridgehead atoms. The lowest BCUT2D eigenvalue weighted by Gasteiger charge is -2.28. The molecule has 0 unspecified atom stereocenters. The quantitative estimate of drug-likeness (QED) is 0.786. The van der Waals surface area contributed by atoms with Crippen LogP contribution in [-0.4, -0.2) is 25.0 Å². The van der Waals surface area contributed by atoms with Crippen molar-refractivity contribution in [3.05, 3.63) is 29.3 Å². The fourth-order valence-electron chi connectivity index (χ4n) is 2.02. The Morgan fingerprint density at radius 3 is 2.70 bits per heavy atom. The number of carbonyl (C=O) groups excluding carboxylic acids is 1. The summed E-state index contributed by atoms with van der Waals surface area (Å²) in [6.45, 7) is 7.69. The van der Waals surface area contributed by atoms with Crippen molar-refractivity contribution in [1.82, 2.24) is 5.32 Å². The molecule has 0 atom stereocenters. The van der Waals surface area contributed by atoms with E-state index in [0.717, 1.165) is 24.3 Å². The number of nitriles is 1. The SMILES string of the molecule is CCNCc1ccc(N(CC(N)=O)C(C)C)c(C#N)c1. The predicted molar refractivity (Wildman–Crippen MR) is 80.2 cm³/mol. The molecule has 108 valence electrons. The molecule has 5 heteroatoms. The predicted octanol–water partition coefficient (Wildman–Crippen LogP) is 1.37. The van der Waals surface area contributed by atoms with Crippen molar-refractivity contribution in [3.63, 3.8) is 0 Å². The lowest BCUT2D eigenvalue weighted by atomic mass is 10.1. The first-order valence-corrected chi connectivity index (χ1v) is 6.78. The molecule has 3 N–H and O–H groups in total. The van der Waals surface area contributed by atoms with E-state index < -0.39 is 5.91 Å². The molecule has 1 aromatic carbocycles. The number of primary amides is 1. The molecular formula is C15H22N4O. The van der Waals surface area contributed by atoms with Crippen molar-refractivity contribution in [3.8, 4) is 6.07 Å². The standard InChI is InChI=1S/C15H22N4O/c1-4-18-9-12-5-6-14(13(7-12)8-16)19(11(2)3)10-15(17)20/h5-7,11,18H,4,9-10H2,1-3H3,(H2,17,20). The highest BCUT2D eigenvalue weighted by molar-refractivity contribution is 5.80. The number of benzene rings is 1. The van der Waals surface area contributed by atoms with Gasteiger partial charge in [0.2, 0.25) is 5.91 Å². The molecule has 0 aliphatic rings. The smallest absolute Gasteiger partial charge is 0.236 e. The van der Waals surface area contributed by atoms with Crippen LogP contribution in [0.5, 0.6) is 0 Å². The number of nitrogens with one attached hydrogen (secondary N) is 1. The molecule has 0 saturated heterocycles. The third-order valence-electron chi connectivity index (χ3n) is 3.02. The molecule has 1 aromatic rings. The fourth-order valence-corrected chi connectivity index (χ4v) is 2.02. The molecule has 0 fully saturated rings. The Kier molecular flexibility index (Phi) is 6.01. The largest absolute Gasteiger partial charge is 0.368 e. The van der Waals surface area contributed by atoms with Gasteiger partial charge in [-0.1, -0.05) is 13.0 Å². The first-order valence-electron chi connectivity index (χ1n) is 6.78. The van der Waals surface area contributed by atoms with Crippen molar-refractivity contribution < 1.29 is 4.79 Å². The van der Waals surface area contributed by atoms with Crippen LogP contribution in [0.2, 0.25) is 0 Å². The zero-order valence-corrected chi connectivity index (χ0v) is 12.3. The van der Waals surface area contributed by atoms with Crippen molar-refractivity contribution in [2.75, 3.05) is 18.0 Å². The second-order valence-corrected chi connectivity index (χ2v) is 4.93. The summed E-state index contributed by atoms with van der Waals surface area (Å²) in [5.41, 5.74) is 7.65. The number of amides is 1. The van der Waals surface area contributed by atoms with Gasteiger partial charge in [-0.15, -0.1) is 0 Å². The Balaban J connectivity index is 3.09. The number of hydrogen-bond acceptors (Lipinski definition) is 4. The molecule has 0 radical (unpaired) electrons. The van der Waals surface area contributed by atoms with Crippen molar-refractivity contribution in [2.24, 2.45) is 5.73 Å². The molecule has 1 amide bonds. The van der Waals surface area contributed by atoms with Crippen LogP contribution in [-0.2, 0) is 11.3 Å². The van der Waals surface area contributed by atoms with Gasteiger partial charge in [0.15, 0.2) is 0 Å². The first-order chi connectivity index (χ1) is 9.49. The molecule has 20 heavy (non-hydrogen) atoms. The average Bonchev–Trinajstić information content (AvgIpc) is 2.42. The molecule has 0 spiro atoms. The van der Waals surface area contributed by atoms with Crippen LogP contribution in [0.4, 0.5) is 5.69 Å². The minimum Gasteiger partial charge on any atom is -0.368 e. The van der Waals surface area contributed by atoms with E-state index in [2.05, 4.69) is 11.4 Å². The van der Waals surface area contributed by atoms with Crippen molar-refractivity contribution >= 4 is 11.6 Å². The number of anilines is 1. The van der Waals surface area contributed by atoms with Gasteiger partial charge in [0, 0.05) is 12.6 Å². The molecule has 0 aromatic heterocycles. The molecule has 0 heterocycles. The number of hydrogen-bond donors (Lipinski definition) is 2. The third-order valence-corrected chi connectivity index (χ3v) is 3.02. The summed E-state index contributed by atoms with van der Waals surface area (Å²) in [5.74, 6) is -0.403. The lowest BCUT2D eigenvalue weighted by molar-refractivity contribution is -0.116. The topological polar surface area (TPSA) is 82.2 Å². The van der Waals surface area contributed by atoms with Gasteiger partial charge in [0.25, 0.3) is 0 Å². The van der Waals surface area contributed by atoms with Crippen LogP contribution in [0.25, 0.3) is 0 Å². The third kappa shape index (κ3) is 4.25. The number of rotatable bonds is 7. The van der Waals surface area contributed by atoms with E-state index in [4.69, 9.17) is 5.73 Å². The monoisotopic (exact) mass is 274 g/mol. The van der Waals surface area contributed by atoms with E-state index in [-0.39, 0.29) is 12.6 Å². The van der Waals surface area contributed by atoms with Crippen molar-refractivity contribution in [2.45, 2.75) is 33.4 Å². The molecule has 0 aliphatic carbocycles. The molecule has 1 rings (SSSR count). The Morgan fingerprint density at radius 1 is 1.50 bits per heavy atom. The Labute approximate surface area is 120 Å². The summed E-state index contributed by atoms with van der Waals surface area (Å²) in [5, 5.41) is 12.5. The second kappa shape index (κ2) is 7.51. The Morgan fingerprint density at radius 2 is 2.20 bits per heavy atom. The molecular weight excluding hydrogens is 252 g/mol. The summed E-state index contributed by atoms with van der Waals surface area (Å²) in [7, 11) is 0. The summed E-state index contributed by atoms with van der Waals surface area (Å²) in [4.78, 5) is 13.0. The Hall–Kier alpha value is -2.06. The highest BCUT2D eigenvalue weighted by Gasteiger charge is 2.16. The van der Waals surface area contributed by atoms with Crippen LogP contribution in [0.3, 0.4) is 0 Å². The minimum atomic E-state index is -0.403. The van der Waals surface area contributed by atoms with E-state index in [1.807, 2.05) is 43.9 Å². The second-order valence-electron chi connectivity index (χ2n) is 4.93. The molecule has 0 aliphatic heterocycles. The van der Waals surface area contributed by atoms with E-state index in [1.165, 1.54) is 0 Å². The van der Waals surface area contributed by atoms with Gasteiger partial charge in [-0.3, -0.25) is 4.79 Å². The van der Waals surface area contributed by atoms with Gasteiger partial charge in [-0.2, -0.15) is 5.26 Å². The van der Waals surface area contributed by atoms with Gasteiger partial charge < -0.3 is 16.0 Å². The molecule has 0 saturated carbocycles. The first kappa shape index (κ1) is 16.0. The lowest BCUT2D eigenvalue weighted by Crippen LogP contribution is -2.39. The van der Waals surface area contributed by atoms with Gasteiger partial charge in [-0.05, 0) is 38.1 Å². The van der Waals surface area contributed by atoms with Gasteiger partial charge >= 0.3 is 0 Å². The number of carbonyl (C=O) groups is 1. The van der Waals surface area contributed by atoms with Crippen LogP contribution in [0, 0.1) is 11.3 Å². The van der Waals surface area contributed by atoms with E-state index >= 15 is 0 Å². The summed E-state index contributed by atoms with van der Waals surface area (Å²) >= 11 is 0. The number of nitrogens with two attached hydrogens (primary N) is 1. The highest BCUT2D eigenvalue weighted by atomic mass is 16.1. The van der Waals surface area contributed by atoms with Crippen LogP contribution < -0.4 is 16.0 Å². The van der Waals surface area contributed by atoms with Crippen LogP contribution >= 0.6 is 0 Å².